The van der Waals surface area contributed by atoms with Crippen LogP contribution in [0.15, 0.2) is 30.3 Å². The van der Waals surface area contributed by atoms with Gasteiger partial charge in [0.05, 0.1) is 5.60 Å². The molecule has 1 N–H and O–H groups in total. The maximum atomic E-state index is 6.30. The van der Waals surface area contributed by atoms with Crippen molar-refractivity contribution in [2.75, 3.05) is 13.2 Å². The van der Waals surface area contributed by atoms with Crippen molar-refractivity contribution in [3.05, 3.63) is 35.9 Å². The Hall–Kier alpha value is -0.860. The van der Waals surface area contributed by atoms with Crippen LogP contribution in [-0.2, 0) is 10.3 Å². The third-order valence-electron chi connectivity index (χ3n) is 3.95. The van der Waals surface area contributed by atoms with E-state index in [1.165, 1.54) is 5.56 Å². The minimum absolute atomic E-state index is 0.0967. The Morgan fingerprint density at radius 2 is 2.05 bits per heavy atom. The van der Waals surface area contributed by atoms with E-state index in [2.05, 4.69) is 56.4 Å². The fourth-order valence-corrected chi connectivity index (χ4v) is 3.28. The summed E-state index contributed by atoms with van der Waals surface area (Å²) in [7, 11) is 0. The maximum Gasteiger partial charge on any atom is 0.0948 e. The zero-order valence-electron chi connectivity index (χ0n) is 12.5. The van der Waals surface area contributed by atoms with Crippen LogP contribution in [0.5, 0.6) is 0 Å². The Kier molecular flexibility index (Phi) is 5.00. The molecular formula is C17H27NO. The molecule has 1 aromatic rings. The molecule has 0 radical (unpaired) electrons. The number of hydrogen-bond donors (Lipinski definition) is 1. The van der Waals surface area contributed by atoms with Crippen molar-refractivity contribution in [1.82, 2.24) is 5.32 Å². The molecular weight excluding hydrogens is 234 g/mol. The molecule has 0 bridgehead atoms. The molecule has 1 fully saturated rings. The van der Waals surface area contributed by atoms with Crippen LogP contribution in [0.2, 0.25) is 0 Å². The highest BCUT2D eigenvalue weighted by Gasteiger charge is 2.39. The predicted octanol–water partition coefficient (Wildman–Crippen LogP) is 3.72. The molecule has 2 atom stereocenters. The quantitative estimate of drug-likeness (QED) is 0.872. The normalized spacial score (nSPS) is 27.7. The van der Waals surface area contributed by atoms with Gasteiger partial charge in [-0.25, -0.2) is 0 Å². The van der Waals surface area contributed by atoms with Gasteiger partial charge in [-0.2, -0.15) is 0 Å². The summed E-state index contributed by atoms with van der Waals surface area (Å²) in [5, 5.41) is 3.60. The summed E-state index contributed by atoms with van der Waals surface area (Å²) in [6.07, 6.45) is 3.31. The van der Waals surface area contributed by atoms with Crippen LogP contribution in [0.1, 0.15) is 45.6 Å². The molecule has 0 aromatic heterocycles. The number of ether oxygens (including phenoxy) is 1. The SMILES string of the molecule is CCNC1CCOC(CC(C)C)(c2ccccc2)C1. The number of rotatable bonds is 5. The molecule has 106 valence electrons. The molecule has 2 heteroatoms. The van der Waals surface area contributed by atoms with Gasteiger partial charge in [-0.05, 0) is 37.3 Å². The maximum absolute atomic E-state index is 6.30. The summed E-state index contributed by atoms with van der Waals surface area (Å²) in [5.41, 5.74) is 1.24. The van der Waals surface area contributed by atoms with Gasteiger partial charge in [0.1, 0.15) is 0 Å². The van der Waals surface area contributed by atoms with Gasteiger partial charge in [0.2, 0.25) is 0 Å². The molecule has 1 aromatic carbocycles. The first-order valence-corrected chi connectivity index (χ1v) is 7.59. The summed E-state index contributed by atoms with van der Waals surface area (Å²) in [5.74, 6) is 0.639. The van der Waals surface area contributed by atoms with Crippen LogP contribution < -0.4 is 5.32 Å². The lowest BCUT2D eigenvalue weighted by molar-refractivity contribution is -0.106. The van der Waals surface area contributed by atoms with E-state index >= 15 is 0 Å². The predicted molar refractivity (Wildman–Crippen MR) is 80.2 cm³/mol. The largest absolute Gasteiger partial charge is 0.370 e. The van der Waals surface area contributed by atoms with Crippen molar-refractivity contribution in [3.8, 4) is 0 Å². The third-order valence-corrected chi connectivity index (χ3v) is 3.95. The Labute approximate surface area is 117 Å². The Bertz CT molecular complexity index is 374. The molecule has 1 heterocycles. The second-order valence-corrected chi connectivity index (χ2v) is 6.05. The fraction of sp³-hybridized carbons (Fsp3) is 0.647. The average Bonchev–Trinajstić information content (AvgIpc) is 2.40. The summed E-state index contributed by atoms with van der Waals surface area (Å²) < 4.78 is 6.30. The van der Waals surface area contributed by atoms with Crippen LogP contribution in [0.3, 0.4) is 0 Å². The van der Waals surface area contributed by atoms with Crippen molar-refractivity contribution in [2.45, 2.75) is 51.7 Å². The van der Waals surface area contributed by atoms with Crippen LogP contribution >= 0.6 is 0 Å². The standard InChI is InChI=1S/C17H27NO/c1-4-18-16-10-11-19-17(13-16,12-14(2)3)15-8-6-5-7-9-15/h5-9,14,16,18H,4,10-13H2,1-3H3. The van der Waals surface area contributed by atoms with Gasteiger partial charge >= 0.3 is 0 Å². The number of nitrogens with one attached hydrogen (secondary N) is 1. The molecule has 1 saturated heterocycles. The summed E-state index contributed by atoms with van der Waals surface area (Å²) in [6.45, 7) is 8.65. The molecule has 0 amide bonds. The summed E-state index contributed by atoms with van der Waals surface area (Å²) in [6, 6.07) is 11.3. The van der Waals surface area contributed by atoms with Gasteiger partial charge < -0.3 is 10.1 Å². The minimum atomic E-state index is -0.0967. The van der Waals surface area contributed by atoms with Crippen molar-refractivity contribution >= 4 is 0 Å². The molecule has 0 aliphatic carbocycles. The van der Waals surface area contributed by atoms with E-state index in [1.54, 1.807) is 0 Å². The van der Waals surface area contributed by atoms with Gasteiger partial charge in [0.15, 0.2) is 0 Å². The molecule has 1 aliphatic rings. The highest BCUT2D eigenvalue weighted by molar-refractivity contribution is 5.24. The molecule has 19 heavy (non-hydrogen) atoms. The van der Waals surface area contributed by atoms with E-state index in [9.17, 15) is 0 Å². The lowest BCUT2D eigenvalue weighted by Gasteiger charge is -2.43. The second kappa shape index (κ2) is 6.53. The molecule has 2 nitrogen and oxygen atoms in total. The Morgan fingerprint density at radius 1 is 1.32 bits per heavy atom. The van der Waals surface area contributed by atoms with Crippen molar-refractivity contribution in [3.63, 3.8) is 0 Å². The van der Waals surface area contributed by atoms with Crippen LogP contribution in [0.4, 0.5) is 0 Å². The first-order chi connectivity index (χ1) is 9.16. The van der Waals surface area contributed by atoms with E-state index in [0.717, 1.165) is 32.4 Å². The monoisotopic (exact) mass is 261 g/mol. The molecule has 0 spiro atoms. The summed E-state index contributed by atoms with van der Waals surface area (Å²) in [4.78, 5) is 0. The Morgan fingerprint density at radius 3 is 2.68 bits per heavy atom. The average molecular weight is 261 g/mol. The topological polar surface area (TPSA) is 21.3 Å². The summed E-state index contributed by atoms with van der Waals surface area (Å²) >= 11 is 0. The van der Waals surface area contributed by atoms with Gasteiger partial charge in [-0.3, -0.25) is 0 Å². The fourth-order valence-electron chi connectivity index (χ4n) is 3.28. The van der Waals surface area contributed by atoms with Crippen molar-refractivity contribution < 1.29 is 4.74 Å². The Balaban J connectivity index is 2.24. The number of hydrogen-bond acceptors (Lipinski definition) is 2. The van der Waals surface area contributed by atoms with Crippen LogP contribution in [-0.4, -0.2) is 19.2 Å². The van der Waals surface area contributed by atoms with Gasteiger partial charge in [0, 0.05) is 12.6 Å². The second-order valence-electron chi connectivity index (χ2n) is 6.05. The number of benzene rings is 1. The van der Waals surface area contributed by atoms with E-state index in [-0.39, 0.29) is 5.60 Å². The highest BCUT2D eigenvalue weighted by Crippen LogP contribution is 2.40. The highest BCUT2D eigenvalue weighted by atomic mass is 16.5. The molecule has 2 rings (SSSR count). The van der Waals surface area contributed by atoms with Crippen molar-refractivity contribution in [2.24, 2.45) is 5.92 Å². The lowest BCUT2D eigenvalue weighted by Crippen LogP contribution is -2.46. The zero-order valence-corrected chi connectivity index (χ0v) is 12.5. The van der Waals surface area contributed by atoms with Gasteiger partial charge in [0.25, 0.3) is 0 Å². The lowest BCUT2D eigenvalue weighted by atomic mass is 9.78. The first-order valence-electron chi connectivity index (χ1n) is 7.59. The van der Waals surface area contributed by atoms with E-state index in [1.807, 2.05) is 0 Å². The first kappa shape index (κ1) is 14.5. The zero-order chi connectivity index (χ0) is 13.7. The third kappa shape index (κ3) is 3.58. The van der Waals surface area contributed by atoms with E-state index in [4.69, 9.17) is 4.74 Å². The molecule has 2 unspecified atom stereocenters. The van der Waals surface area contributed by atoms with Crippen LogP contribution in [0.25, 0.3) is 0 Å². The smallest absolute Gasteiger partial charge is 0.0948 e. The van der Waals surface area contributed by atoms with Gasteiger partial charge in [-0.1, -0.05) is 51.1 Å². The minimum Gasteiger partial charge on any atom is -0.370 e. The van der Waals surface area contributed by atoms with E-state index in [0.29, 0.717) is 12.0 Å². The van der Waals surface area contributed by atoms with Crippen LogP contribution in [0, 0.1) is 5.92 Å². The van der Waals surface area contributed by atoms with Gasteiger partial charge in [-0.15, -0.1) is 0 Å². The van der Waals surface area contributed by atoms with E-state index < -0.39 is 0 Å². The molecule has 0 saturated carbocycles. The van der Waals surface area contributed by atoms with Crippen molar-refractivity contribution in [1.29, 1.82) is 0 Å². The molecule has 1 aliphatic heterocycles.